The largest absolute Gasteiger partial charge is 0.287 e. The van der Waals surface area contributed by atoms with E-state index in [1.54, 1.807) is 24.3 Å². The minimum Gasteiger partial charge on any atom is -0.199 e. The second kappa shape index (κ2) is 5.78. The molecule has 0 N–H and O–H groups in total. The van der Waals surface area contributed by atoms with Gasteiger partial charge in [-0.2, -0.15) is 8.42 Å². The zero-order valence-electron chi connectivity index (χ0n) is 10.7. The van der Waals surface area contributed by atoms with E-state index in [9.17, 15) is 8.42 Å². The van der Waals surface area contributed by atoms with E-state index in [4.69, 9.17) is 0 Å². The van der Waals surface area contributed by atoms with Gasteiger partial charge in [-0.15, -0.1) is 3.77 Å². The van der Waals surface area contributed by atoms with Crippen LogP contribution in [0.1, 0.15) is 25.8 Å². The first-order chi connectivity index (χ1) is 7.86. The molecule has 1 rings (SSSR count). The lowest BCUT2D eigenvalue weighted by Gasteiger charge is -2.09. The van der Waals surface area contributed by atoms with Gasteiger partial charge in [0.15, 0.2) is 0 Å². The molecule has 0 saturated carbocycles. The summed E-state index contributed by atoms with van der Waals surface area (Å²) < 4.78 is 28.0. The summed E-state index contributed by atoms with van der Waals surface area (Å²) in [6, 6.07) is 6.81. The van der Waals surface area contributed by atoms with E-state index in [0.29, 0.717) is 5.25 Å². The molecular weight excluding hydrogens is 254 g/mol. The third-order valence-corrected chi connectivity index (χ3v) is 6.78. The van der Waals surface area contributed by atoms with Crippen LogP contribution in [0.15, 0.2) is 32.9 Å². The number of hydrogen-bond donors (Lipinski definition) is 0. The van der Waals surface area contributed by atoms with Crippen LogP contribution in [0.5, 0.6) is 0 Å². The van der Waals surface area contributed by atoms with Gasteiger partial charge in [0.1, 0.15) is 0 Å². The number of nitrogens with zero attached hydrogens (tertiary/aromatic N) is 1. The van der Waals surface area contributed by atoms with Gasteiger partial charge in [-0.25, -0.2) is 0 Å². The summed E-state index contributed by atoms with van der Waals surface area (Å²) in [5.41, 5.74) is 1.04. The predicted octanol–water partition coefficient (Wildman–Crippen LogP) is 2.91. The number of sulfonamides is 1. The summed E-state index contributed by atoms with van der Waals surface area (Å²) in [5, 5.41) is 0.301. The molecule has 3 nitrogen and oxygen atoms in total. The van der Waals surface area contributed by atoms with Crippen LogP contribution in [-0.4, -0.2) is 19.9 Å². The fourth-order valence-electron chi connectivity index (χ4n) is 1.22. The molecule has 96 valence electrons. The maximum atomic E-state index is 12.0. The van der Waals surface area contributed by atoms with Crippen LogP contribution in [0.4, 0.5) is 0 Å². The maximum Gasteiger partial charge on any atom is 0.287 e. The summed E-state index contributed by atoms with van der Waals surface area (Å²) in [6.07, 6.45) is 2.81. The average Bonchev–Trinajstić information content (AvgIpc) is 2.27. The summed E-state index contributed by atoms with van der Waals surface area (Å²) in [5.74, 6) is 0. The highest BCUT2D eigenvalue weighted by molar-refractivity contribution is 8.00. The molecule has 0 amide bonds. The van der Waals surface area contributed by atoms with Crippen molar-refractivity contribution in [3.63, 3.8) is 0 Å². The van der Waals surface area contributed by atoms with Crippen LogP contribution < -0.4 is 0 Å². The molecule has 0 spiro atoms. The Bertz CT molecular complexity index is 504. The van der Waals surface area contributed by atoms with Crippen LogP contribution >= 0.6 is 0 Å². The summed E-state index contributed by atoms with van der Waals surface area (Å²) in [4.78, 5) is 0.283. The molecule has 0 aliphatic heterocycles. The fourth-order valence-corrected chi connectivity index (χ4v) is 4.36. The topological polar surface area (TPSA) is 46.5 Å². The van der Waals surface area contributed by atoms with Crippen molar-refractivity contribution in [2.24, 2.45) is 3.77 Å². The monoisotopic (exact) mass is 273 g/mol. The first-order valence-corrected chi connectivity index (χ1v) is 8.65. The molecule has 0 heterocycles. The number of aryl methyl sites for hydroxylation is 1. The van der Waals surface area contributed by atoms with Crippen LogP contribution in [0, 0.1) is 6.92 Å². The Morgan fingerprint density at radius 2 is 1.82 bits per heavy atom. The molecule has 2 atom stereocenters. The van der Waals surface area contributed by atoms with E-state index in [0.717, 1.165) is 12.0 Å². The maximum absolute atomic E-state index is 12.0. The van der Waals surface area contributed by atoms with Crippen molar-refractivity contribution in [2.45, 2.75) is 37.3 Å². The summed E-state index contributed by atoms with van der Waals surface area (Å²) in [6.45, 7) is 6.00. The standard InChI is InChI=1S/C12H19NO2S2/c1-5-11(3)16(4)13-17(14,15)12-8-6-10(2)7-9-12/h6-9,11H,5H2,1-4H3/t11-,16+/m1/s1. The van der Waals surface area contributed by atoms with Crippen molar-refractivity contribution in [3.8, 4) is 0 Å². The smallest absolute Gasteiger partial charge is 0.199 e. The molecule has 5 heteroatoms. The Kier molecular flexibility index (Phi) is 4.89. The quantitative estimate of drug-likeness (QED) is 0.846. The molecule has 0 aromatic heterocycles. The van der Waals surface area contributed by atoms with Crippen molar-refractivity contribution in [3.05, 3.63) is 29.8 Å². The summed E-state index contributed by atoms with van der Waals surface area (Å²) in [7, 11) is -3.95. The predicted molar refractivity (Wildman–Crippen MR) is 73.8 cm³/mol. The number of hydrogen-bond acceptors (Lipinski definition) is 2. The van der Waals surface area contributed by atoms with E-state index in [1.807, 2.05) is 27.0 Å². The molecule has 17 heavy (non-hydrogen) atoms. The van der Waals surface area contributed by atoms with Crippen LogP contribution in [-0.2, 0) is 20.7 Å². The zero-order chi connectivity index (χ0) is 13.1. The first-order valence-electron chi connectivity index (χ1n) is 5.56. The third-order valence-electron chi connectivity index (χ3n) is 2.69. The molecule has 1 aromatic carbocycles. The van der Waals surface area contributed by atoms with E-state index in [1.165, 1.54) is 0 Å². The van der Waals surface area contributed by atoms with Crippen LogP contribution in [0.2, 0.25) is 0 Å². The van der Waals surface area contributed by atoms with Gasteiger partial charge in [-0.1, -0.05) is 42.2 Å². The zero-order valence-corrected chi connectivity index (χ0v) is 12.3. The molecule has 0 aliphatic carbocycles. The third kappa shape index (κ3) is 3.92. The van der Waals surface area contributed by atoms with E-state index < -0.39 is 20.7 Å². The second-order valence-electron chi connectivity index (χ2n) is 4.11. The molecule has 0 fully saturated rings. The molecule has 1 aromatic rings. The lowest BCUT2D eigenvalue weighted by Crippen LogP contribution is -2.09. The normalized spacial score (nSPS) is 15.8. The van der Waals surface area contributed by atoms with Gasteiger partial charge in [0.25, 0.3) is 10.0 Å². The van der Waals surface area contributed by atoms with Crippen molar-refractivity contribution in [1.82, 2.24) is 0 Å². The van der Waals surface area contributed by atoms with E-state index in [2.05, 4.69) is 3.77 Å². The number of rotatable bonds is 4. The molecule has 0 unspecified atom stereocenters. The van der Waals surface area contributed by atoms with Gasteiger partial charge in [-0.05, 0) is 31.7 Å². The van der Waals surface area contributed by atoms with Crippen molar-refractivity contribution in [1.29, 1.82) is 0 Å². The Hall–Kier alpha value is -0.680. The SMILES string of the molecule is CC[C@@H](C)[S@](C)=NS(=O)(=O)c1ccc(C)cc1. The highest BCUT2D eigenvalue weighted by Gasteiger charge is 2.14. The van der Waals surface area contributed by atoms with Crippen LogP contribution in [0.3, 0.4) is 0 Å². The number of benzene rings is 1. The Balaban J connectivity index is 3.08. The van der Waals surface area contributed by atoms with Crippen molar-refractivity contribution < 1.29 is 8.42 Å². The first kappa shape index (κ1) is 14.4. The Morgan fingerprint density at radius 3 is 2.29 bits per heavy atom. The van der Waals surface area contributed by atoms with Crippen molar-refractivity contribution in [2.75, 3.05) is 6.26 Å². The lowest BCUT2D eigenvalue weighted by atomic mass is 10.2. The van der Waals surface area contributed by atoms with Crippen molar-refractivity contribution >= 4 is 20.7 Å². The van der Waals surface area contributed by atoms with E-state index >= 15 is 0 Å². The summed E-state index contributed by atoms with van der Waals surface area (Å²) >= 11 is 0. The van der Waals surface area contributed by atoms with Crippen LogP contribution in [0.25, 0.3) is 0 Å². The van der Waals surface area contributed by atoms with E-state index in [-0.39, 0.29) is 4.90 Å². The van der Waals surface area contributed by atoms with Gasteiger partial charge in [0, 0.05) is 5.25 Å². The fraction of sp³-hybridized carbons (Fsp3) is 0.500. The Morgan fingerprint density at radius 1 is 1.29 bits per heavy atom. The van der Waals surface area contributed by atoms with Gasteiger partial charge in [0.05, 0.1) is 4.90 Å². The van der Waals surface area contributed by atoms with Gasteiger partial charge < -0.3 is 0 Å². The molecular formula is C12H19NO2S2. The average molecular weight is 273 g/mol. The minimum atomic E-state index is -3.49. The Labute approximate surface area is 106 Å². The molecule has 0 bridgehead atoms. The van der Waals surface area contributed by atoms with Gasteiger partial charge >= 0.3 is 0 Å². The second-order valence-corrected chi connectivity index (χ2v) is 7.98. The highest BCUT2D eigenvalue weighted by atomic mass is 32.3. The van der Waals surface area contributed by atoms with Gasteiger partial charge in [-0.3, -0.25) is 0 Å². The lowest BCUT2D eigenvalue weighted by molar-refractivity contribution is 0.598. The minimum absolute atomic E-state index is 0.283. The molecule has 0 saturated heterocycles. The highest BCUT2D eigenvalue weighted by Crippen LogP contribution is 2.15. The van der Waals surface area contributed by atoms with Gasteiger partial charge in [0.2, 0.25) is 0 Å². The molecule has 0 aliphatic rings. The molecule has 0 radical (unpaired) electrons.